The van der Waals surface area contributed by atoms with Gasteiger partial charge in [-0.15, -0.1) is 0 Å². The molecule has 0 aliphatic carbocycles. The van der Waals surface area contributed by atoms with Crippen molar-refractivity contribution in [2.75, 3.05) is 19.3 Å². The summed E-state index contributed by atoms with van der Waals surface area (Å²) in [6, 6.07) is 7.90. The van der Waals surface area contributed by atoms with E-state index < -0.39 is 0 Å². The first-order valence-electron chi connectivity index (χ1n) is 4.83. The molecule has 3 heteroatoms. The minimum atomic E-state index is 0.729. The van der Waals surface area contributed by atoms with Gasteiger partial charge in [0.15, 0.2) is 0 Å². The van der Waals surface area contributed by atoms with Gasteiger partial charge in [-0.3, -0.25) is 4.90 Å². The molecular formula is C12H16ClNS. The van der Waals surface area contributed by atoms with Crippen LogP contribution in [-0.2, 0) is 6.54 Å². The van der Waals surface area contributed by atoms with E-state index in [1.54, 1.807) is 0 Å². The topological polar surface area (TPSA) is 3.24 Å². The lowest BCUT2D eigenvalue weighted by atomic mass is 10.2. The van der Waals surface area contributed by atoms with Gasteiger partial charge in [0.25, 0.3) is 0 Å². The molecule has 0 spiro atoms. The predicted molar refractivity (Wildman–Crippen MR) is 70.8 cm³/mol. The van der Waals surface area contributed by atoms with Crippen LogP contribution < -0.4 is 0 Å². The van der Waals surface area contributed by atoms with Crippen LogP contribution in [0.5, 0.6) is 0 Å². The maximum absolute atomic E-state index is 6.07. The number of hydrogen-bond acceptors (Lipinski definition) is 2. The third-order valence-electron chi connectivity index (χ3n) is 2.12. The summed E-state index contributed by atoms with van der Waals surface area (Å²) in [6.45, 7) is 5.62. The molecule has 0 unspecified atom stereocenters. The van der Waals surface area contributed by atoms with Crippen molar-refractivity contribution in [1.29, 1.82) is 0 Å². The molecule has 0 saturated carbocycles. The highest BCUT2D eigenvalue weighted by atomic mass is 35.5. The van der Waals surface area contributed by atoms with Crippen molar-refractivity contribution < 1.29 is 0 Å². The smallest absolute Gasteiger partial charge is 0.0451 e. The van der Waals surface area contributed by atoms with E-state index in [1.807, 2.05) is 24.3 Å². The van der Waals surface area contributed by atoms with E-state index in [9.17, 15) is 0 Å². The average molecular weight is 242 g/mol. The van der Waals surface area contributed by atoms with E-state index >= 15 is 0 Å². The first-order valence-corrected chi connectivity index (χ1v) is 5.84. The molecule has 0 aliphatic rings. The van der Waals surface area contributed by atoms with E-state index in [-0.39, 0.29) is 0 Å². The fourth-order valence-corrected chi connectivity index (χ4v) is 1.70. The summed E-state index contributed by atoms with van der Waals surface area (Å²) in [5, 5.41) is 0.820. The molecule has 1 rings (SSSR count). The molecule has 0 radical (unpaired) electrons. The lowest BCUT2D eigenvalue weighted by Crippen LogP contribution is -2.20. The second kappa shape index (κ2) is 6.21. The van der Waals surface area contributed by atoms with Crippen molar-refractivity contribution in [2.45, 2.75) is 6.54 Å². The van der Waals surface area contributed by atoms with Gasteiger partial charge in [-0.05, 0) is 18.7 Å². The van der Waals surface area contributed by atoms with E-state index in [0.717, 1.165) is 35.0 Å². The summed E-state index contributed by atoms with van der Waals surface area (Å²) < 4.78 is 0. The van der Waals surface area contributed by atoms with Gasteiger partial charge >= 0.3 is 0 Å². The van der Waals surface area contributed by atoms with E-state index in [1.165, 1.54) is 0 Å². The van der Waals surface area contributed by atoms with Crippen LogP contribution in [-0.4, -0.2) is 24.2 Å². The summed E-state index contributed by atoms with van der Waals surface area (Å²) in [5.41, 5.74) is 2.27. The molecule has 0 aromatic heterocycles. The molecule has 0 atom stereocenters. The van der Waals surface area contributed by atoms with Crippen molar-refractivity contribution in [2.24, 2.45) is 0 Å². The summed E-state index contributed by atoms with van der Waals surface area (Å²) in [5.74, 6) is 0.729. The first-order chi connectivity index (χ1) is 7.13. The highest BCUT2D eigenvalue weighted by Crippen LogP contribution is 2.16. The Hall–Kier alpha value is -0.440. The highest BCUT2D eigenvalue weighted by Gasteiger charge is 2.04. The summed E-state index contributed by atoms with van der Waals surface area (Å²) in [6.07, 6.45) is 0. The van der Waals surface area contributed by atoms with Gasteiger partial charge in [0, 0.05) is 23.9 Å². The average Bonchev–Trinajstić information content (AvgIpc) is 2.21. The van der Waals surface area contributed by atoms with Crippen LogP contribution >= 0.6 is 24.2 Å². The molecule has 1 aromatic rings. The number of benzene rings is 1. The van der Waals surface area contributed by atoms with Crippen LogP contribution in [0.25, 0.3) is 0 Å². The molecule has 82 valence electrons. The van der Waals surface area contributed by atoms with E-state index in [2.05, 4.69) is 31.2 Å². The maximum atomic E-state index is 6.07. The third-order valence-corrected chi connectivity index (χ3v) is 2.93. The molecule has 15 heavy (non-hydrogen) atoms. The van der Waals surface area contributed by atoms with Crippen molar-refractivity contribution in [3.05, 3.63) is 47.0 Å². The number of nitrogens with zero attached hydrogens (tertiary/aromatic N) is 1. The van der Waals surface area contributed by atoms with Gasteiger partial charge in [-0.25, -0.2) is 0 Å². The van der Waals surface area contributed by atoms with Crippen LogP contribution in [0.15, 0.2) is 36.4 Å². The lowest BCUT2D eigenvalue weighted by Gasteiger charge is -2.18. The molecule has 0 N–H and O–H groups in total. The molecule has 0 aliphatic heterocycles. The first kappa shape index (κ1) is 12.6. The fraction of sp³-hybridized carbons (Fsp3) is 0.333. The monoisotopic (exact) mass is 241 g/mol. The van der Waals surface area contributed by atoms with Gasteiger partial charge in [-0.1, -0.05) is 42.0 Å². The number of halogens is 1. The van der Waals surface area contributed by atoms with Crippen LogP contribution in [0.1, 0.15) is 5.56 Å². The van der Waals surface area contributed by atoms with Gasteiger partial charge in [0.05, 0.1) is 0 Å². The van der Waals surface area contributed by atoms with Crippen molar-refractivity contribution in [3.63, 3.8) is 0 Å². The number of rotatable bonds is 5. The van der Waals surface area contributed by atoms with Crippen LogP contribution in [0.4, 0.5) is 0 Å². The zero-order valence-electron chi connectivity index (χ0n) is 8.91. The Kier molecular flexibility index (Phi) is 5.23. The van der Waals surface area contributed by atoms with Crippen LogP contribution in [0.2, 0.25) is 5.02 Å². The minimum Gasteiger partial charge on any atom is -0.298 e. The predicted octanol–water partition coefficient (Wildman–Crippen LogP) is 3.26. The minimum absolute atomic E-state index is 0.729. The lowest BCUT2D eigenvalue weighted by molar-refractivity contribution is 0.356. The van der Waals surface area contributed by atoms with Crippen molar-refractivity contribution in [3.8, 4) is 0 Å². The quantitative estimate of drug-likeness (QED) is 0.612. The Labute approximate surface area is 102 Å². The van der Waals surface area contributed by atoms with E-state index in [0.29, 0.717) is 0 Å². The molecule has 1 nitrogen and oxygen atoms in total. The van der Waals surface area contributed by atoms with Crippen LogP contribution in [0, 0.1) is 0 Å². The summed E-state index contributed by atoms with van der Waals surface area (Å²) in [4.78, 5) is 2.18. The van der Waals surface area contributed by atoms with Gasteiger partial charge < -0.3 is 0 Å². The summed E-state index contributed by atoms with van der Waals surface area (Å²) >= 11 is 10.3. The van der Waals surface area contributed by atoms with Gasteiger partial charge in [0.2, 0.25) is 0 Å². The SMILES string of the molecule is C=C(CS)CN(C)Cc1ccccc1Cl. The number of thiol groups is 1. The van der Waals surface area contributed by atoms with Crippen molar-refractivity contribution >= 4 is 24.2 Å². The Morgan fingerprint density at radius 2 is 2.13 bits per heavy atom. The molecule has 0 saturated heterocycles. The third kappa shape index (κ3) is 4.29. The van der Waals surface area contributed by atoms with Crippen molar-refractivity contribution in [1.82, 2.24) is 4.90 Å². The molecule has 0 heterocycles. The molecule has 0 amide bonds. The van der Waals surface area contributed by atoms with Gasteiger partial charge in [-0.2, -0.15) is 12.6 Å². The zero-order chi connectivity index (χ0) is 11.3. The Bertz CT molecular complexity index is 338. The normalized spacial score (nSPS) is 10.7. The zero-order valence-corrected chi connectivity index (χ0v) is 10.6. The van der Waals surface area contributed by atoms with E-state index in [4.69, 9.17) is 11.6 Å². The summed E-state index contributed by atoms with van der Waals surface area (Å²) in [7, 11) is 2.05. The Morgan fingerprint density at radius 1 is 1.47 bits per heavy atom. The standard InChI is InChI=1S/C12H16ClNS/c1-10(9-15)7-14(2)8-11-5-3-4-6-12(11)13/h3-6,15H,1,7-9H2,2H3. The molecular weight excluding hydrogens is 226 g/mol. The second-order valence-electron chi connectivity index (χ2n) is 3.67. The molecule has 0 bridgehead atoms. The molecule has 0 fully saturated rings. The maximum Gasteiger partial charge on any atom is 0.0451 e. The highest BCUT2D eigenvalue weighted by molar-refractivity contribution is 7.80. The Balaban J connectivity index is 2.55. The van der Waals surface area contributed by atoms with Crippen LogP contribution in [0.3, 0.4) is 0 Å². The second-order valence-corrected chi connectivity index (χ2v) is 4.40. The number of likely N-dealkylation sites (N-methyl/N-ethyl adjacent to an activating group) is 1. The number of hydrogen-bond donors (Lipinski definition) is 1. The largest absolute Gasteiger partial charge is 0.298 e. The van der Waals surface area contributed by atoms with Gasteiger partial charge in [0.1, 0.15) is 0 Å². The Morgan fingerprint density at radius 3 is 2.73 bits per heavy atom. The molecule has 1 aromatic carbocycles. The fourth-order valence-electron chi connectivity index (χ4n) is 1.41.